The molecule has 0 amide bonds. The van der Waals surface area contributed by atoms with E-state index in [0.717, 1.165) is 19.0 Å². The van der Waals surface area contributed by atoms with Gasteiger partial charge in [0.1, 0.15) is 5.82 Å². The van der Waals surface area contributed by atoms with Gasteiger partial charge in [0, 0.05) is 36.8 Å². The maximum atomic E-state index is 5.78. The summed E-state index contributed by atoms with van der Waals surface area (Å²) in [6, 6.07) is 0.836. The van der Waals surface area contributed by atoms with Crippen molar-refractivity contribution in [1.29, 1.82) is 0 Å². The van der Waals surface area contributed by atoms with E-state index in [1.165, 1.54) is 30.6 Å². The van der Waals surface area contributed by atoms with Crippen LogP contribution in [0.25, 0.3) is 0 Å². The third-order valence-electron chi connectivity index (χ3n) is 3.06. The Morgan fingerprint density at radius 3 is 3.08 bits per heavy atom. The Labute approximate surface area is 77.1 Å². The molecule has 2 heterocycles. The molecule has 0 atom stereocenters. The number of rotatable bonds is 1. The van der Waals surface area contributed by atoms with Crippen molar-refractivity contribution >= 4 is 5.82 Å². The van der Waals surface area contributed by atoms with Crippen molar-refractivity contribution in [3.8, 4) is 0 Å². The number of nitrogens with two attached hydrogens (primary N) is 1. The summed E-state index contributed by atoms with van der Waals surface area (Å²) in [7, 11) is 0. The average molecular weight is 178 g/mol. The molecular weight excluding hydrogens is 164 g/mol. The second-order valence-corrected chi connectivity index (χ2v) is 4.02. The molecule has 13 heavy (non-hydrogen) atoms. The highest BCUT2D eigenvalue weighted by atomic mass is 15.2. The Kier molecular flexibility index (Phi) is 1.41. The fourth-order valence-corrected chi connectivity index (χ4v) is 2.09. The number of aromatic nitrogens is 2. The molecule has 1 aromatic heterocycles. The van der Waals surface area contributed by atoms with Crippen LogP contribution < -0.4 is 5.73 Å². The molecule has 4 nitrogen and oxygen atoms in total. The van der Waals surface area contributed by atoms with Crippen LogP contribution in [0, 0.1) is 0 Å². The van der Waals surface area contributed by atoms with E-state index >= 15 is 0 Å². The molecule has 3 rings (SSSR count). The highest BCUT2D eigenvalue weighted by Crippen LogP contribution is 2.32. The molecule has 1 aliphatic carbocycles. The van der Waals surface area contributed by atoms with Gasteiger partial charge in [-0.15, -0.1) is 0 Å². The monoisotopic (exact) mass is 178 g/mol. The molecule has 0 spiro atoms. The Morgan fingerprint density at radius 2 is 2.31 bits per heavy atom. The van der Waals surface area contributed by atoms with Gasteiger partial charge in [0.05, 0.1) is 0 Å². The van der Waals surface area contributed by atoms with Gasteiger partial charge in [0.15, 0.2) is 0 Å². The third kappa shape index (κ3) is 1.13. The Hall–Kier alpha value is -1.03. The second kappa shape index (κ2) is 2.48. The van der Waals surface area contributed by atoms with E-state index < -0.39 is 0 Å². The first-order valence-electron chi connectivity index (χ1n) is 4.90. The first-order valence-corrected chi connectivity index (χ1v) is 4.90. The number of anilines is 1. The summed E-state index contributed by atoms with van der Waals surface area (Å²) in [4.78, 5) is 2.52. The van der Waals surface area contributed by atoms with E-state index in [4.69, 9.17) is 5.73 Å². The Bertz CT molecular complexity index is 326. The predicted molar refractivity (Wildman–Crippen MR) is 50.1 cm³/mol. The summed E-state index contributed by atoms with van der Waals surface area (Å²) in [5, 5.41) is 7.04. The van der Waals surface area contributed by atoms with Gasteiger partial charge in [0.2, 0.25) is 0 Å². The predicted octanol–water partition coefficient (Wildman–Crippen LogP) is 0.512. The van der Waals surface area contributed by atoms with Crippen molar-refractivity contribution in [2.24, 2.45) is 0 Å². The summed E-state index contributed by atoms with van der Waals surface area (Å²) in [6.07, 6.45) is 3.82. The largest absolute Gasteiger partial charge is 0.382 e. The van der Waals surface area contributed by atoms with Crippen LogP contribution in [0.5, 0.6) is 0 Å². The molecule has 3 N–H and O–H groups in total. The van der Waals surface area contributed by atoms with E-state index in [1.807, 2.05) is 0 Å². The van der Waals surface area contributed by atoms with Crippen molar-refractivity contribution in [3.05, 3.63) is 11.3 Å². The number of nitrogen functional groups attached to an aromatic ring is 1. The number of fused-ring (bicyclic) bond motifs is 1. The molecule has 0 aromatic carbocycles. The molecule has 0 bridgehead atoms. The number of hydrogen-bond donors (Lipinski definition) is 2. The van der Waals surface area contributed by atoms with Gasteiger partial charge in [-0.05, 0) is 12.8 Å². The minimum absolute atomic E-state index is 0.695. The highest BCUT2D eigenvalue weighted by Gasteiger charge is 2.32. The second-order valence-electron chi connectivity index (χ2n) is 4.02. The first kappa shape index (κ1) is 7.38. The minimum Gasteiger partial charge on any atom is -0.382 e. The summed E-state index contributed by atoms with van der Waals surface area (Å²) in [6.45, 7) is 2.17. The van der Waals surface area contributed by atoms with Gasteiger partial charge in [-0.1, -0.05) is 0 Å². The summed E-state index contributed by atoms with van der Waals surface area (Å²) in [5.74, 6) is 0.695. The van der Waals surface area contributed by atoms with E-state index in [-0.39, 0.29) is 0 Å². The zero-order valence-corrected chi connectivity index (χ0v) is 7.58. The van der Waals surface area contributed by atoms with E-state index in [1.54, 1.807) is 0 Å². The zero-order chi connectivity index (χ0) is 8.84. The number of hydrogen-bond acceptors (Lipinski definition) is 3. The van der Waals surface area contributed by atoms with Crippen molar-refractivity contribution in [1.82, 2.24) is 15.1 Å². The maximum Gasteiger partial charge on any atom is 0.149 e. The van der Waals surface area contributed by atoms with Crippen LogP contribution in [0.2, 0.25) is 0 Å². The number of nitrogens with zero attached hydrogens (tertiary/aromatic N) is 2. The van der Waals surface area contributed by atoms with Crippen molar-refractivity contribution < 1.29 is 0 Å². The van der Waals surface area contributed by atoms with E-state index in [2.05, 4.69) is 15.1 Å². The molecule has 0 unspecified atom stereocenters. The van der Waals surface area contributed by atoms with Crippen molar-refractivity contribution in [2.75, 3.05) is 12.3 Å². The van der Waals surface area contributed by atoms with E-state index in [9.17, 15) is 0 Å². The summed E-state index contributed by atoms with van der Waals surface area (Å²) >= 11 is 0. The SMILES string of the molecule is Nc1n[nH]c2c1CN(C1CC1)CC2. The molecule has 0 radical (unpaired) electrons. The van der Waals surface area contributed by atoms with Crippen LogP contribution in [0.4, 0.5) is 5.82 Å². The van der Waals surface area contributed by atoms with Crippen LogP contribution in [0.15, 0.2) is 0 Å². The van der Waals surface area contributed by atoms with Crippen LogP contribution in [0.1, 0.15) is 24.1 Å². The molecule has 70 valence electrons. The fraction of sp³-hybridized carbons (Fsp3) is 0.667. The smallest absolute Gasteiger partial charge is 0.149 e. The lowest BCUT2D eigenvalue weighted by Crippen LogP contribution is -2.32. The standard InChI is InChI=1S/C9H14N4/c10-9-7-5-13(6-1-2-6)4-3-8(7)11-12-9/h6H,1-5H2,(H3,10,11,12). The van der Waals surface area contributed by atoms with Gasteiger partial charge in [-0.3, -0.25) is 10.00 Å². The van der Waals surface area contributed by atoms with Crippen LogP contribution in [-0.4, -0.2) is 27.7 Å². The zero-order valence-electron chi connectivity index (χ0n) is 7.58. The molecule has 2 aliphatic rings. The van der Waals surface area contributed by atoms with Gasteiger partial charge in [0.25, 0.3) is 0 Å². The lowest BCUT2D eigenvalue weighted by atomic mass is 10.1. The third-order valence-corrected chi connectivity index (χ3v) is 3.06. The van der Waals surface area contributed by atoms with Crippen molar-refractivity contribution in [3.63, 3.8) is 0 Å². The molecule has 1 aromatic rings. The number of aromatic amines is 1. The van der Waals surface area contributed by atoms with Gasteiger partial charge in [-0.25, -0.2) is 0 Å². The number of H-pyrrole nitrogens is 1. The lowest BCUT2D eigenvalue weighted by Gasteiger charge is -2.26. The fourth-order valence-electron chi connectivity index (χ4n) is 2.09. The van der Waals surface area contributed by atoms with Crippen LogP contribution in [0.3, 0.4) is 0 Å². The summed E-state index contributed by atoms with van der Waals surface area (Å²) in [5.41, 5.74) is 8.25. The van der Waals surface area contributed by atoms with Gasteiger partial charge in [-0.2, -0.15) is 5.10 Å². The lowest BCUT2D eigenvalue weighted by molar-refractivity contribution is 0.243. The average Bonchev–Trinajstić information content (AvgIpc) is 2.93. The Balaban J connectivity index is 1.88. The minimum atomic E-state index is 0.695. The van der Waals surface area contributed by atoms with Crippen molar-refractivity contribution in [2.45, 2.75) is 31.8 Å². The van der Waals surface area contributed by atoms with Gasteiger partial charge < -0.3 is 5.73 Å². The number of nitrogens with one attached hydrogen (secondary N) is 1. The molecule has 1 saturated carbocycles. The maximum absolute atomic E-state index is 5.78. The van der Waals surface area contributed by atoms with Gasteiger partial charge >= 0.3 is 0 Å². The molecule has 1 aliphatic heterocycles. The van der Waals surface area contributed by atoms with E-state index in [0.29, 0.717) is 5.82 Å². The molecule has 0 saturated heterocycles. The van der Waals surface area contributed by atoms with Crippen LogP contribution >= 0.6 is 0 Å². The quantitative estimate of drug-likeness (QED) is 0.659. The summed E-state index contributed by atoms with van der Waals surface area (Å²) < 4.78 is 0. The highest BCUT2D eigenvalue weighted by molar-refractivity contribution is 5.43. The topological polar surface area (TPSA) is 57.9 Å². The molecule has 4 heteroatoms. The molecular formula is C9H14N4. The molecule has 1 fully saturated rings. The van der Waals surface area contributed by atoms with Crippen LogP contribution in [-0.2, 0) is 13.0 Å². The first-order chi connectivity index (χ1) is 6.34. The Morgan fingerprint density at radius 1 is 1.46 bits per heavy atom. The normalized spacial score (nSPS) is 23.1.